The van der Waals surface area contributed by atoms with Crippen molar-refractivity contribution >= 4 is 0 Å². The molecule has 29 heavy (non-hydrogen) atoms. The van der Waals surface area contributed by atoms with Crippen LogP contribution in [0.2, 0.25) is 0 Å². The zero-order valence-electron chi connectivity index (χ0n) is 16.2. The van der Waals surface area contributed by atoms with Crippen molar-refractivity contribution in [3.8, 4) is 22.6 Å². The van der Waals surface area contributed by atoms with Gasteiger partial charge < -0.3 is 9.88 Å². The Hall–Kier alpha value is -3.58. The van der Waals surface area contributed by atoms with Crippen LogP contribution in [0, 0.1) is 0 Å². The highest BCUT2D eigenvalue weighted by atomic mass is 16.1. The summed E-state index contributed by atoms with van der Waals surface area (Å²) in [6, 6.07) is 15.2. The number of H-pyrrole nitrogens is 1. The van der Waals surface area contributed by atoms with Gasteiger partial charge in [0.15, 0.2) is 0 Å². The van der Waals surface area contributed by atoms with Crippen LogP contribution in [0.4, 0.5) is 0 Å². The predicted octanol–water partition coefficient (Wildman–Crippen LogP) is 2.83. The van der Waals surface area contributed by atoms with Crippen molar-refractivity contribution in [2.24, 2.45) is 0 Å². The summed E-state index contributed by atoms with van der Waals surface area (Å²) in [7, 11) is 2.09. The molecule has 3 heterocycles. The van der Waals surface area contributed by atoms with Gasteiger partial charge in [0.25, 0.3) is 5.56 Å². The molecule has 0 aliphatic heterocycles. The van der Waals surface area contributed by atoms with Crippen molar-refractivity contribution in [2.75, 3.05) is 13.6 Å². The molecular weight excluding hydrogens is 364 g/mol. The highest BCUT2D eigenvalue weighted by Crippen LogP contribution is 2.19. The molecule has 0 unspecified atom stereocenters. The van der Waals surface area contributed by atoms with Crippen LogP contribution in [-0.4, -0.2) is 43.2 Å². The fourth-order valence-electron chi connectivity index (χ4n) is 3.12. The minimum Gasteiger partial charge on any atom is -0.306 e. The van der Waals surface area contributed by atoms with E-state index in [4.69, 9.17) is 0 Å². The van der Waals surface area contributed by atoms with Gasteiger partial charge in [-0.1, -0.05) is 24.3 Å². The van der Waals surface area contributed by atoms with E-state index in [9.17, 15) is 4.79 Å². The minimum absolute atomic E-state index is 0.184. The molecule has 0 amide bonds. The van der Waals surface area contributed by atoms with E-state index >= 15 is 0 Å². The molecule has 4 rings (SSSR count). The third kappa shape index (κ3) is 4.83. The largest absolute Gasteiger partial charge is 0.306 e. The third-order valence-corrected chi connectivity index (χ3v) is 4.65. The number of hydrogen-bond acceptors (Lipinski definition) is 5. The predicted molar refractivity (Wildman–Crippen MR) is 112 cm³/mol. The maximum Gasteiger partial charge on any atom is 0.251 e. The summed E-state index contributed by atoms with van der Waals surface area (Å²) in [6.07, 6.45) is 7.16. The van der Waals surface area contributed by atoms with Gasteiger partial charge in [-0.15, -0.1) is 0 Å². The standard InChI is InChI=1S/C22H22N6O/c1-27(12-13-28-11-3-10-24-28)16-17-5-7-18(8-6-17)22-25-20(14-21(29)26-22)19-4-2-9-23-15-19/h2-11,14-15H,12-13,16H2,1H3,(H,25,26,29). The number of nitrogens with one attached hydrogen (secondary N) is 1. The molecule has 0 fully saturated rings. The number of rotatable bonds is 7. The van der Waals surface area contributed by atoms with E-state index in [0.717, 1.165) is 30.8 Å². The number of benzene rings is 1. The van der Waals surface area contributed by atoms with Gasteiger partial charge in [-0.3, -0.25) is 14.5 Å². The number of aromatic nitrogens is 5. The van der Waals surface area contributed by atoms with Crippen LogP contribution < -0.4 is 5.56 Å². The second-order valence-electron chi connectivity index (χ2n) is 6.92. The average Bonchev–Trinajstić information content (AvgIpc) is 3.27. The first-order chi connectivity index (χ1) is 14.2. The molecule has 0 spiro atoms. The summed E-state index contributed by atoms with van der Waals surface area (Å²) in [4.78, 5) is 25.9. The molecule has 0 aliphatic rings. The van der Waals surface area contributed by atoms with Crippen molar-refractivity contribution in [1.82, 2.24) is 29.6 Å². The second kappa shape index (κ2) is 8.62. The van der Waals surface area contributed by atoms with Crippen molar-refractivity contribution < 1.29 is 0 Å². The third-order valence-electron chi connectivity index (χ3n) is 4.65. The highest BCUT2D eigenvalue weighted by molar-refractivity contribution is 5.62. The van der Waals surface area contributed by atoms with Crippen molar-refractivity contribution in [3.63, 3.8) is 0 Å². The van der Waals surface area contributed by atoms with Crippen molar-refractivity contribution in [3.05, 3.63) is 89.2 Å². The Balaban J connectivity index is 1.46. The number of aromatic amines is 1. The van der Waals surface area contributed by atoms with Crippen molar-refractivity contribution in [1.29, 1.82) is 0 Å². The lowest BCUT2D eigenvalue weighted by atomic mass is 10.1. The Morgan fingerprint density at radius 3 is 2.66 bits per heavy atom. The molecule has 7 heteroatoms. The Bertz CT molecular complexity index is 1100. The van der Waals surface area contributed by atoms with Crippen LogP contribution in [0.3, 0.4) is 0 Å². The van der Waals surface area contributed by atoms with E-state index < -0.39 is 0 Å². The molecule has 0 atom stereocenters. The molecule has 0 bridgehead atoms. The minimum atomic E-state index is -0.184. The van der Waals surface area contributed by atoms with Crippen LogP contribution in [0.5, 0.6) is 0 Å². The molecule has 1 N–H and O–H groups in total. The molecule has 0 aliphatic carbocycles. The molecule has 0 saturated heterocycles. The quantitative estimate of drug-likeness (QED) is 0.528. The number of nitrogens with zero attached hydrogens (tertiary/aromatic N) is 5. The van der Waals surface area contributed by atoms with Gasteiger partial charge in [-0.05, 0) is 30.8 Å². The second-order valence-corrected chi connectivity index (χ2v) is 6.92. The maximum atomic E-state index is 12.1. The summed E-state index contributed by atoms with van der Waals surface area (Å²) in [5, 5.41) is 4.23. The smallest absolute Gasteiger partial charge is 0.251 e. The van der Waals surface area contributed by atoms with Gasteiger partial charge in [0.1, 0.15) is 5.82 Å². The van der Waals surface area contributed by atoms with E-state index in [0.29, 0.717) is 11.5 Å². The first-order valence-electron chi connectivity index (χ1n) is 9.44. The molecule has 4 aromatic rings. The Morgan fingerprint density at radius 1 is 1.07 bits per heavy atom. The van der Waals surface area contributed by atoms with Gasteiger partial charge in [0.2, 0.25) is 0 Å². The fourth-order valence-corrected chi connectivity index (χ4v) is 3.12. The summed E-state index contributed by atoms with van der Waals surface area (Å²) in [6.45, 7) is 2.60. The van der Waals surface area contributed by atoms with E-state index in [1.54, 1.807) is 18.6 Å². The molecule has 146 valence electrons. The molecule has 0 radical (unpaired) electrons. The summed E-state index contributed by atoms with van der Waals surface area (Å²) in [5.74, 6) is 0.551. The van der Waals surface area contributed by atoms with Crippen molar-refractivity contribution in [2.45, 2.75) is 13.1 Å². The summed E-state index contributed by atoms with van der Waals surface area (Å²) >= 11 is 0. The fraction of sp³-hybridized carbons (Fsp3) is 0.182. The van der Waals surface area contributed by atoms with Crippen LogP contribution in [0.15, 0.2) is 78.1 Å². The summed E-state index contributed by atoms with van der Waals surface area (Å²) < 4.78 is 1.93. The maximum absolute atomic E-state index is 12.1. The van der Waals surface area contributed by atoms with E-state index in [-0.39, 0.29) is 5.56 Å². The van der Waals surface area contributed by atoms with Crippen LogP contribution in [0.25, 0.3) is 22.6 Å². The molecular formula is C22H22N6O. The molecule has 1 aromatic carbocycles. The highest BCUT2D eigenvalue weighted by Gasteiger charge is 2.07. The van der Waals surface area contributed by atoms with Crippen LogP contribution in [0.1, 0.15) is 5.56 Å². The zero-order valence-corrected chi connectivity index (χ0v) is 16.2. The number of likely N-dealkylation sites (N-methyl/N-ethyl adjacent to an activating group) is 1. The number of hydrogen-bond donors (Lipinski definition) is 1. The van der Waals surface area contributed by atoms with Gasteiger partial charge in [-0.25, -0.2) is 4.98 Å². The topological polar surface area (TPSA) is 79.7 Å². The first-order valence-corrected chi connectivity index (χ1v) is 9.44. The Kier molecular flexibility index (Phi) is 5.58. The Labute approximate surface area is 168 Å². The number of pyridine rings is 1. The lowest BCUT2D eigenvalue weighted by Gasteiger charge is -2.17. The zero-order chi connectivity index (χ0) is 20.1. The van der Waals surface area contributed by atoms with E-state index in [1.807, 2.05) is 41.2 Å². The van der Waals surface area contributed by atoms with E-state index in [2.05, 4.69) is 44.1 Å². The van der Waals surface area contributed by atoms with Crippen LogP contribution >= 0.6 is 0 Å². The Morgan fingerprint density at radius 2 is 1.93 bits per heavy atom. The van der Waals surface area contributed by atoms with Gasteiger partial charge in [0, 0.05) is 55.1 Å². The normalized spacial score (nSPS) is 11.1. The van der Waals surface area contributed by atoms with Gasteiger partial charge in [0.05, 0.1) is 12.2 Å². The monoisotopic (exact) mass is 386 g/mol. The molecule has 0 saturated carbocycles. The van der Waals surface area contributed by atoms with Crippen LogP contribution in [-0.2, 0) is 13.1 Å². The van der Waals surface area contributed by atoms with Gasteiger partial charge >= 0.3 is 0 Å². The summed E-state index contributed by atoms with van der Waals surface area (Å²) in [5.41, 5.74) is 3.31. The lowest BCUT2D eigenvalue weighted by molar-refractivity contribution is 0.305. The SMILES string of the molecule is CN(CCn1cccn1)Cc1ccc(-c2nc(-c3cccnc3)cc(=O)[nH]2)cc1. The first kappa shape index (κ1) is 18.8. The lowest BCUT2D eigenvalue weighted by Crippen LogP contribution is -2.23. The average molecular weight is 386 g/mol. The molecule has 3 aromatic heterocycles. The van der Waals surface area contributed by atoms with E-state index in [1.165, 1.54) is 11.6 Å². The molecule has 7 nitrogen and oxygen atoms in total. The van der Waals surface area contributed by atoms with Gasteiger partial charge in [-0.2, -0.15) is 5.10 Å².